The Balaban J connectivity index is 0.00000121. The van der Waals surface area contributed by atoms with Crippen LogP contribution in [0.5, 0.6) is 0 Å². The Labute approximate surface area is 155 Å². The molecule has 0 spiro atoms. The minimum atomic E-state index is 0. The monoisotopic (exact) mass is 360 g/mol. The van der Waals surface area contributed by atoms with Gasteiger partial charge in [0.2, 0.25) is 0 Å². The maximum absolute atomic E-state index is 4.55. The van der Waals surface area contributed by atoms with Gasteiger partial charge in [0.05, 0.1) is 0 Å². The Kier molecular flexibility index (Phi) is 7.93. The molecule has 0 saturated heterocycles. The molecule has 0 saturated carbocycles. The van der Waals surface area contributed by atoms with Crippen molar-refractivity contribution in [2.45, 2.75) is 0 Å². The maximum Gasteiger partial charge on any atom is 0 e. The van der Waals surface area contributed by atoms with Gasteiger partial charge in [0.25, 0.3) is 0 Å². The van der Waals surface area contributed by atoms with Gasteiger partial charge in [-0.15, -0.1) is 22.7 Å². The van der Waals surface area contributed by atoms with Crippen LogP contribution >= 0.6 is 0 Å². The van der Waals surface area contributed by atoms with Crippen LogP contribution in [0, 0.1) is 0 Å². The Morgan fingerprint density at radius 3 is 0.955 bits per heavy atom. The van der Waals surface area contributed by atoms with E-state index < -0.39 is 0 Å². The molecule has 0 heterocycles. The van der Waals surface area contributed by atoms with Crippen molar-refractivity contribution in [1.29, 1.82) is 0 Å². The van der Waals surface area contributed by atoms with Crippen LogP contribution in [0.1, 0.15) is 0 Å². The Bertz CT molecular complexity index is 595. The van der Waals surface area contributed by atoms with E-state index in [1.165, 1.54) is 0 Å². The molecule has 0 N–H and O–H groups in total. The summed E-state index contributed by atoms with van der Waals surface area (Å²) in [6.45, 7) is 0. The summed E-state index contributed by atoms with van der Waals surface area (Å²) in [5, 5.41) is 9.10. The number of rotatable bonds is 4. The van der Waals surface area contributed by atoms with E-state index in [2.05, 4.69) is 10.6 Å². The minimum absolute atomic E-state index is 0. The number of nitrogens with zero attached hydrogens (tertiary/aromatic N) is 2. The van der Waals surface area contributed by atoms with Crippen LogP contribution in [0.15, 0.2) is 84.9 Å². The van der Waals surface area contributed by atoms with Crippen LogP contribution in [0.4, 0.5) is 22.7 Å². The van der Waals surface area contributed by atoms with Crippen molar-refractivity contribution in [2.24, 2.45) is 0 Å². The van der Waals surface area contributed by atoms with E-state index in [1.807, 2.05) is 84.9 Å². The number of hydrogen-bond acceptors (Lipinski definition) is 0. The number of benzene rings is 3. The number of hydrogen-bond donors (Lipinski definition) is 0. The van der Waals surface area contributed by atoms with Crippen molar-refractivity contribution in [3.05, 3.63) is 95.6 Å². The van der Waals surface area contributed by atoms with Crippen LogP contribution in [0.25, 0.3) is 10.6 Å². The molecule has 108 valence electrons. The Hall–Kier alpha value is -1.57. The molecule has 3 aromatic rings. The fourth-order valence-corrected chi connectivity index (χ4v) is 1.90. The summed E-state index contributed by atoms with van der Waals surface area (Å²) in [6.07, 6.45) is 0. The van der Waals surface area contributed by atoms with Gasteiger partial charge in [-0.05, 0) is 0 Å². The smallest absolute Gasteiger partial charge is 0 e. The molecule has 3 aromatic carbocycles. The van der Waals surface area contributed by atoms with Gasteiger partial charge < -0.3 is 10.6 Å². The SMILES string of the molecule is [V].[V].c1ccc([N-]c2ccc([N-]c3ccccc3)cc2)cc1. The Morgan fingerprint density at radius 1 is 0.364 bits per heavy atom. The van der Waals surface area contributed by atoms with E-state index in [4.69, 9.17) is 0 Å². The van der Waals surface area contributed by atoms with Crippen LogP contribution < -0.4 is 0 Å². The van der Waals surface area contributed by atoms with Gasteiger partial charge in [-0.2, -0.15) is 0 Å². The zero-order chi connectivity index (χ0) is 13.6. The van der Waals surface area contributed by atoms with Crippen molar-refractivity contribution in [2.75, 3.05) is 0 Å². The summed E-state index contributed by atoms with van der Waals surface area (Å²) < 4.78 is 0. The summed E-state index contributed by atoms with van der Waals surface area (Å²) in [6, 6.07) is 27.8. The molecule has 0 unspecified atom stereocenters. The fourth-order valence-electron chi connectivity index (χ4n) is 1.90. The fraction of sp³-hybridized carbons (Fsp3) is 0. The molecule has 2 radical (unpaired) electrons. The van der Waals surface area contributed by atoms with E-state index >= 15 is 0 Å². The first kappa shape index (κ1) is 18.5. The zero-order valence-corrected chi connectivity index (χ0v) is 14.7. The minimum Gasteiger partial charge on any atom is -0.658 e. The van der Waals surface area contributed by atoms with E-state index in [0.717, 1.165) is 22.7 Å². The third-order valence-corrected chi connectivity index (χ3v) is 2.88. The van der Waals surface area contributed by atoms with Gasteiger partial charge in [-0.25, -0.2) is 0 Å². The third-order valence-electron chi connectivity index (χ3n) is 2.88. The molecule has 0 aromatic heterocycles. The van der Waals surface area contributed by atoms with Crippen molar-refractivity contribution in [1.82, 2.24) is 0 Å². The largest absolute Gasteiger partial charge is 0.658 e. The normalized spacial score (nSPS) is 9.09. The van der Waals surface area contributed by atoms with Gasteiger partial charge in [0.15, 0.2) is 0 Å². The molecule has 0 fully saturated rings. The molecule has 22 heavy (non-hydrogen) atoms. The van der Waals surface area contributed by atoms with Crippen LogP contribution in [0.3, 0.4) is 0 Å². The summed E-state index contributed by atoms with van der Waals surface area (Å²) in [5.74, 6) is 0. The van der Waals surface area contributed by atoms with Crippen molar-refractivity contribution in [3.63, 3.8) is 0 Å². The second-order valence-corrected chi connectivity index (χ2v) is 4.41. The van der Waals surface area contributed by atoms with Gasteiger partial charge in [-0.3, -0.25) is 0 Å². The molecule has 4 heteroatoms. The summed E-state index contributed by atoms with van der Waals surface area (Å²) in [5.41, 5.74) is 3.78. The second kappa shape index (κ2) is 9.45. The average Bonchev–Trinajstić information content (AvgIpc) is 2.51. The molecule has 0 aliphatic carbocycles. The van der Waals surface area contributed by atoms with Gasteiger partial charge >= 0.3 is 0 Å². The van der Waals surface area contributed by atoms with Crippen LogP contribution in [-0.2, 0) is 37.1 Å². The quantitative estimate of drug-likeness (QED) is 0.518. The maximum atomic E-state index is 4.55. The van der Waals surface area contributed by atoms with Crippen molar-refractivity contribution < 1.29 is 37.1 Å². The first-order chi connectivity index (χ1) is 9.90. The van der Waals surface area contributed by atoms with Crippen LogP contribution in [-0.4, -0.2) is 0 Å². The molecule has 3 rings (SSSR count). The van der Waals surface area contributed by atoms with Gasteiger partial charge in [-0.1, -0.05) is 84.9 Å². The molecule has 2 nitrogen and oxygen atoms in total. The second-order valence-electron chi connectivity index (χ2n) is 4.41. The summed E-state index contributed by atoms with van der Waals surface area (Å²) >= 11 is 0. The molecule has 0 bridgehead atoms. The average molecular weight is 360 g/mol. The molecule has 0 aliphatic rings. The molecular formula is C18H14N2V2-2. The molecular weight excluding hydrogens is 346 g/mol. The first-order valence-corrected chi connectivity index (χ1v) is 6.54. The van der Waals surface area contributed by atoms with E-state index in [9.17, 15) is 0 Å². The molecule has 0 atom stereocenters. The topological polar surface area (TPSA) is 28.2 Å². The summed E-state index contributed by atoms with van der Waals surface area (Å²) in [7, 11) is 0. The summed E-state index contributed by atoms with van der Waals surface area (Å²) in [4.78, 5) is 0. The van der Waals surface area contributed by atoms with Gasteiger partial charge in [0.1, 0.15) is 0 Å². The number of para-hydroxylation sites is 2. The Morgan fingerprint density at radius 2 is 0.636 bits per heavy atom. The third kappa shape index (κ3) is 5.32. The van der Waals surface area contributed by atoms with E-state index in [0.29, 0.717) is 0 Å². The predicted molar refractivity (Wildman–Crippen MR) is 84.7 cm³/mol. The molecule has 0 amide bonds. The van der Waals surface area contributed by atoms with Crippen LogP contribution in [0.2, 0.25) is 0 Å². The zero-order valence-electron chi connectivity index (χ0n) is 11.9. The standard InChI is InChI=1S/C18H14N2.2V/c1-3-7-15(8-4-1)19-17-11-13-18(14-12-17)20-16-9-5-2-6-10-16;;/h1-14H;;/q-2;;. The van der Waals surface area contributed by atoms with Crippen molar-refractivity contribution in [3.8, 4) is 0 Å². The predicted octanol–water partition coefficient (Wildman–Crippen LogP) is 6.36. The van der Waals surface area contributed by atoms with E-state index in [-0.39, 0.29) is 37.1 Å². The van der Waals surface area contributed by atoms with Crippen molar-refractivity contribution >= 4 is 22.7 Å². The molecule has 0 aliphatic heterocycles. The van der Waals surface area contributed by atoms with Gasteiger partial charge in [0, 0.05) is 37.1 Å². The van der Waals surface area contributed by atoms with E-state index in [1.54, 1.807) is 0 Å². The first-order valence-electron chi connectivity index (χ1n) is 6.54.